The molecule has 1 atom stereocenters. The zero-order chi connectivity index (χ0) is 16.4. The summed E-state index contributed by atoms with van der Waals surface area (Å²) in [6, 6.07) is 4.29. The molecule has 1 aromatic rings. The second-order valence-electron chi connectivity index (χ2n) is 5.72. The number of sulfonamides is 1. The van der Waals surface area contributed by atoms with E-state index in [2.05, 4.69) is 4.72 Å². The number of aryl methyl sites for hydroxylation is 1. The van der Waals surface area contributed by atoms with Gasteiger partial charge in [-0.25, -0.2) is 13.1 Å². The van der Waals surface area contributed by atoms with E-state index in [4.69, 9.17) is 11.5 Å². The third-order valence-corrected chi connectivity index (χ3v) is 5.46. The fraction of sp³-hybridized carbons (Fsp3) is 0.500. The number of rotatable bonds is 6. The lowest BCUT2D eigenvalue weighted by molar-refractivity contribution is 0.0999. The van der Waals surface area contributed by atoms with Crippen LogP contribution in [0.4, 0.5) is 0 Å². The molecule has 0 heterocycles. The van der Waals surface area contributed by atoms with Crippen molar-refractivity contribution in [2.75, 3.05) is 6.54 Å². The summed E-state index contributed by atoms with van der Waals surface area (Å²) in [7, 11) is -3.79. The molecule has 118 valence electrons. The number of nitrogens with one attached hydrogen (secondary N) is 1. The van der Waals surface area contributed by atoms with Gasteiger partial charge in [-0.05, 0) is 37.5 Å². The first-order valence-electron chi connectivity index (χ1n) is 6.68. The number of carbonyl (C=O) groups is 1. The van der Waals surface area contributed by atoms with E-state index in [1.54, 1.807) is 19.9 Å². The van der Waals surface area contributed by atoms with Gasteiger partial charge in [0, 0.05) is 17.6 Å². The highest BCUT2D eigenvalue weighted by atomic mass is 32.2. The fourth-order valence-electron chi connectivity index (χ4n) is 1.79. The molecular formula is C14H23N3O3S. The average molecular weight is 313 g/mol. The normalized spacial score (nSPS) is 15.0. The van der Waals surface area contributed by atoms with E-state index in [-0.39, 0.29) is 22.9 Å². The highest BCUT2D eigenvalue weighted by Crippen LogP contribution is 2.21. The molecule has 0 radical (unpaired) electrons. The molecule has 6 nitrogen and oxygen atoms in total. The lowest BCUT2D eigenvalue weighted by Crippen LogP contribution is -2.54. The first-order valence-corrected chi connectivity index (χ1v) is 8.16. The molecule has 0 aliphatic carbocycles. The van der Waals surface area contributed by atoms with Crippen LogP contribution in [0.25, 0.3) is 0 Å². The van der Waals surface area contributed by atoms with Crippen LogP contribution in [-0.2, 0) is 10.0 Å². The van der Waals surface area contributed by atoms with E-state index in [0.717, 1.165) is 0 Å². The van der Waals surface area contributed by atoms with Gasteiger partial charge in [-0.2, -0.15) is 0 Å². The molecule has 0 fully saturated rings. The van der Waals surface area contributed by atoms with E-state index in [1.165, 1.54) is 12.1 Å². The fourth-order valence-corrected chi connectivity index (χ4v) is 3.37. The summed E-state index contributed by atoms with van der Waals surface area (Å²) in [5, 5.41) is 0. The smallest absolute Gasteiger partial charge is 0.249 e. The van der Waals surface area contributed by atoms with Crippen LogP contribution in [0.2, 0.25) is 0 Å². The first kappa shape index (κ1) is 17.6. The zero-order valence-electron chi connectivity index (χ0n) is 12.8. The molecule has 0 saturated heterocycles. The summed E-state index contributed by atoms with van der Waals surface area (Å²) >= 11 is 0. The zero-order valence-corrected chi connectivity index (χ0v) is 13.6. The van der Waals surface area contributed by atoms with Crippen LogP contribution in [0.3, 0.4) is 0 Å². The van der Waals surface area contributed by atoms with Crippen LogP contribution >= 0.6 is 0 Å². The van der Waals surface area contributed by atoms with Gasteiger partial charge in [-0.3, -0.25) is 4.79 Å². The van der Waals surface area contributed by atoms with Crippen molar-refractivity contribution in [2.24, 2.45) is 17.4 Å². The molecule has 0 aliphatic rings. The van der Waals surface area contributed by atoms with Crippen molar-refractivity contribution in [1.29, 1.82) is 0 Å². The Hall–Kier alpha value is -1.44. The summed E-state index contributed by atoms with van der Waals surface area (Å²) in [5.74, 6) is -0.645. The van der Waals surface area contributed by atoms with Gasteiger partial charge in [-0.1, -0.05) is 19.9 Å². The molecule has 1 unspecified atom stereocenters. The maximum absolute atomic E-state index is 12.5. The summed E-state index contributed by atoms with van der Waals surface area (Å²) in [6.07, 6.45) is 0. The van der Waals surface area contributed by atoms with E-state index in [9.17, 15) is 13.2 Å². The van der Waals surface area contributed by atoms with Crippen LogP contribution in [0.1, 0.15) is 36.7 Å². The van der Waals surface area contributed by atoms with E-state index in [1.807, 2.05) is 13.8 Å². The number of nitrogens with two attached hydrogens (primary N) is 2. The number of hydrogen-bond acceptors (Lipinski definition) is 4. The standard InChI is InChI=1S/C14H23N3O3S/c1-9(2)14(4,8-15)17-21(19,20)11-6-5-10(3)12(7-11)13(16)18/h5-7,9,17H,8,15H2,1-4H3,(H2,16,18). The van der Waals surface area contributed by atoms with Gasteiger partial charge < -0.3 is 11.5 Å². The van der Waals surface area contributed by atoms with Crippen LogP contribution in [0.5, 0.6) is 0 Å². The number of benzene rings is 1. The quantitative estimate of drug-likeness (QED) is 0.718. The van der Waals surface area contributed by atoms with Crippen molar-refractivity contribution in [3.05, 3.63) is 29.3 Å². The number of amides is 1. The predicted molar refractivity (Wildman–Crippen MR) is 82.3 cm³/mol. The van der Waals surface area contributed by atoms with Crippen LogP contribution in [0.15, 0.2) is 23.1 Å². The van der Waals surface area contributed by atoms with Gasteiger partial charge >= 0.3 is 0 Å². The van der Waals surface area contributed by atoms with Gasteiger partial charge in [0.05, 0.1) is 4.90 Å². The maximum Gasteiger partial charge on any atom is 0.249 e. The predicted octanol–water partition coefficient (Wildman–Crippen LogP) is 0.746. The number of primary amides is 1. The largest absolute Gasteiger partial charge is 0.366 e. The molecule has 1 amide bonds. The summed E-state index contributed by atoms with van der Waals surface area (Å²) < 4.78 is 27.6. The molecule has 1 aromatic carbocycles. The molecule has 0 bridgehead atoms. The highest BCUT2D eigenvalue weighted by molar-refractivity contribution is 7.89. The molecule has 1 rings (SSSR count). The Bertz CT molecular complexity index is 641. The molecule has 0 aromatic heterocycles. The Morgan fingerprint density at radius 2 is 1.95 bits per heavy atom. The van der Waals surface area contributed by atoms with Crippen molar-refractivity contribution < 1.29 is 13.2 Å². The van der Waals surface area contributed by atoms with Crippen molar-refractivity contribution in [1.82, 2.24) is 4.72 Å². The summed E-state index contributed by atoms with van der Waals surface area (Å²) in [5.41, 5.74) is 11.0. The third-order valence-electron chi connectivity index (χ3n) is 3.85. The maximum atomic E-state index is 12.5. The SMILES string of the molecule is Cc1ccc(S(=O)(=O)NC(C)(CN)C(C)C)cc1C(N)=O. The monoisotopic (exact) mass is 313 g/mol. The lowest BCUT2D eigenvalue weighted by Gasteiger charge is -2.33. The van der Waals surface area contributed by atoms with Crippen molar-refractivity contribution >= 4 is 15.9 Å². The molecular weight excluding hydrogens is 290 g/mol. The van der Waals surface area contributed by atoms with Crippen molar-refractivity contribution in [3.8, 4) is 0 Å². The molecule has 5 N–H and O–H groups in total. The second-order valence-corrected chi connectivity index (χ2v) is 7.41. The Morgan fingerprint density at radius 1 is 1.38 bits per heavy atom. The molecule has 7 heteroatoms. The Morgan fingerprint density at radius 3 is 2.38 bits per heavy atom. The van der Waals surface area contributed by atoms with Crippen LogP contribution in [0, 0.1) is 12.8 Å². The summed E-state index contributed by atoms with van der Waals surface area (Å²) in [4.78, 5) is 11.3. The van der Waals surface area contributed by atoms with E-state index >= 15 is 0 Å². The Labute approximate surface area is 126 Å². The lowest BCUT2D eigenvalue weighted by atomic mass is 9.90. The van der Waals surface area contributed by atoms with Gasteiger partial charge in [0.25, 0.3) is 0 Å². The minimum atomic E-state index is -3.79. The van der Waals surface area contributed by atoms with Crippen molar-refractivity contribution in [3.63, 3.8) is 0 Å². The number of carbonyl (C=O) groups excluding carboxylic acids is 1. The average Bonchev–Trinajstić information content (AvgIpc) is 2.37. The summed E-state index contributed by atoms with van der Waals surface area (Å²) in [6.45, 7) is 7.39. The van der Waals surface area contributed by atoms with E-state index in [0.29, 0.717) is 5.56 Å². The highest BCUT2D eigenvalue weighted by Gasteiger charge is 2.32. The van der Waals surface area contributed by atoms with Crippen LogP contribution in [-0.4, -0.2) is 26.4 Å². The Balaban J connectivity index is 3.26. The molecule has 21 heavy (non-hydrogen) atoms. The van der Waals surface area contributed by atoms with E-state index < -0.39 is 21.5 Å². The van der Waals surface area contributed by atoms with Gasteiger partial charge in [0.15, 0.2) is 0 Å². The molecule has 0 saturated carbocycles. The Kier molecular flexibility index (Phi) is 5.14. The minimum absolute atomic E-state index is 0.00206. The minimum Gasteiger partial charge on any atom is -0.366 e. The topological polar surface area (TPSA) is 115 Å². The first-order chi connectivity index (χ1) is 9.53. The van der Waals surface area contributed by atoms with Crippen LogP contribution < -0.4 is 16.2 Å². The molecule has 0 spiro atoms. The number of hydrogen-bond donors (Lipinski definition) is 3. The van der Waals surface area contributed by atoms with Gasteiger partial charge in [0.2, 0.25) is 15.9 Å². The van der Waals surface area contributed by atoms with Crippen molar-refractivity contribution in [2.45, 2.75) is 38.1 Å². The second kappa shape index (κ2) is 6.13. The molecule has 0 aliphatic heterocycles. The third kappa shape index (κ3) is 3.81. The van der Waals surface area contributed by atoms with Gasteiger partial charge in [0.1, 0.15) is 0 Å². The van der Waals surface area contributed by atoms with Gasteiger partial charge in [-0.15, -0.1) is 0 Å².